The fourth-order valence-corrected chi connectivity index (χ4v) is 3.22. The van der Waals surface area contributed by atoms with Crippen molar-refractivity contribution in [2.24, 2.45) is 5.92 Å². The molecular weight excluding hydrogens is 250 g/mol. The van der Waals surface area contributed by atoms with Gasteiger partial charge in [0, 0.05) is 19.6 Å². The molecule has 1 unspecified atom stereocenters. The molecule has 1 aromatic carbocycles. The van der Waals surface area contributed by atoms with Gasteiger partial charge in [0.25, 0.3) is 0 Å². The molecule has 2 N–H and O–H groups in total. The van der Waals surface area contributed by atoms with E-state index in [1.807, 2.05) is 18.2 Å². The van der Waals surface area contributed by atoms with Gasteiger partial charge in [0.15, 0.2) is 0 Å². The van der Waals surface area contributed by atoms with E-state index in [0.717, 1.165) is 13.0 Å². The second-order valence-electron chi connectivity index (χ2n) is 5.98. The van der Waals surface area contributed by atoms with Crippen LogP contribution in [-0.2, 0) is 6.54 Å². The van der Waals surface area contributed by atoms with Crippen LogP contribution < -0.4 is 0 Å². The standard InChI is InChI=1S/C17H27NO2/c19-11-10-18(13-16-8-2-1-3-9-16)14-17(20)12-15-6-4-5-7-15/h1-3,8-9,15,17,19-20H,4-7,10-14H2. The first-order valence-electron chi connectivity index (χ1n) is 7.83. The van der Waals surface area contributed by atoms with Crippen LogP contribution in [0, 0.1) is 5.92 Å². The first kappa shape index (κ1) is 15.5. The maximum atomic E-state index is 10.3. The molecule has 0 spiro atoms. The molecule has 0 radical (unpaired) electrons. The van der Waals surface area contributed by atoms with Crippen molar-refractivity contribution in [1.29, 1.82) is 0 Å². The smallest absolute Gasteiger partial charge is 0.0669 e. The Kier molecular flexibility index (Phi) is 6.51. The molecule has 0 amide bonds. The Morgan fingerprint density at radius 2 is 1.85 bits per heavy atom. The van der Waals surface area contributed by atoms with E-state index in [1.54, 1.807) is 0 Å². The molecular formula is C17H27NO2. The fraction of sp³-hybridized carbons (Fsp3) is 0.647. The van der Waals surface area contributed by atoms with Crippen molar-refractivity contribution >= 4 is 0 Å². The van der Waals surface area contributed by atoms with Gasteiger partial charge in [-0.05, 0) is 17.9 Å². The number of benzene rings is 1. The van der Waals surface area contributed by atoms with Crippen LogP contribution >= 0.6 is 0 Å². The van der Waals surface area contributed by atoms with Gasteiger partial charge < -0.3 is 10.2 Å². The van der Waals surface area contributed by atoms with E-state index >= 15 is 0 Å². The topological polar surface area (TPSA) is 43.7 Å². The summed E-state index contributed by atoms with van der Waals surface area (Å²) in [6, 6.07) is 10.2. The second-order valence-corrected chi connectivity index (χ2v) is 5.98. The van der Waals surface area contributed by atoms with Crippen LogP contribution in [0.1, 0.15) is 37.7 Å². The highest BCUT2D eigenvalue weighted by Crippen LogP contribution is 2.28. The van der Waals surface area contributed by atoms with Crippen LogP contribution in [0.15, 0.2) is 30.3 Å². The molecule has 1 aliphatic rings. The van der Waals surface area contributed by atoms with Gasteiger partial charge in [0.1, 0.15) is 0 Å². The first-order chi connectivity index (χ1) is 9.78. The molecule has 3 heteroatoms. The summed E-state index contributed by atoms with van der Waals surface area (Å²) in [5.41, 5.74) is 1.23. The zero-order valence-corrected chi connectivity index (χ0v) is 12.2. The third kappa shape index (κ3) is 5.23. The maximum Gasteiger partial charge on any atom is 0.0669 e. The van der Waals surface area contributed by atoms with Crippen LogP contribution in [0.25, 0.3) is 0 Å². The average molecular weight is 277 g/mol. The van der Waals surface area contributed by atoms with Crippen molar-refractivity contribution in [3.63, 3.8) is 0 Å². The molecule has 0 bridgehead atoms. The summed E-state index contributed by atoms with van der Waals surface area (Å²) in [7, 11) is 0. The summed E-state index contributed by atoms with van der Waals surface area (Å²) in [5.74, 6) is 0.706. The van der Waals surface area contributed by atoms with Crippen molar-refractivity contribution in [2.45, 2.75) is 44.8 Å². The molecule has 1 aromatic rings. The first-order valence-corrected chi connectivity index (χ1v) is 7.83. The molecule has 112 valence electrons. The second kappa shape index (κ2) is 8.40. The lowest BCUT2D eigenvalue weighted by molar-refractivity contribution is 0.0783. The molecule has 0 saturated heterocycles. The summed E-state index contributed by atoms with van der Waals surface area (Å²) in [6.07, 6.45) is 5.83. The van der Waals surface area contributed by atoms with Gasteiger partial charge in [-0.15, -0.1) is 0 Å². The Bertz CT molecular complexity index is 363. The molecule has 1 atom stereocenters. The molecule has 20 heavy (non-hydrogen) atoms. The molecule has 2 rings (SSSR count). The van der Waals surface area contributed by atoms with Crippen molar-refractivity contribution in [1.82, 2.24) is 4.90 Å². The van der Waals surface area contributed by atoms with Crippen LogP contribution in [0.5, 0.6) is 0 Å². The quantitative estimate of drug-likeness (QED) is 0.767. The number of aliphatic hydroxyl groups is 2. The highest BCUT2D eigenvalue weighted by Gasteiger charge is 2.20. The average Bonchev–Trinajstić information content (AvgIpc) is 2.93. The Morgan fingerprint density at radius 3 is 2.50 bits per heavy atom. The summed E-state index contributed by atoms with van der Waals surface area (Å²) in [6.45, 7) is 2.22. The van der Waals surface area contributed by atoms with Gasteiger partial charge in [-0.3, -0.25) is 4.90 Å². The number of aliphatic hydroxyl groups excluding tert-OH is 2. The van der Waals surface area contributed by atoms with Crippen LogP contribution in [0.2, 0.25) is 0 Å². The van der Waals surface area contributed by atoms with E-state index in [-0.39, 0.29) is 12.7 Å². The van der Waals surface area contributed by atoms with Crippen molar-refractivity contribution in [3.8, 4) is 0 Å². The Morgan fingerprint density at radius 1 is 1.15 bits per heavy atom. The summed E-state index contributed by atoms with van der Waals surface area (Å²) >= 11 is 0. The summed E-state index contributed by atoms with van der Waals surface area (Å²) in [4.78, 5) is 2.15. The fourth-order valence-electron chi connectivity index (χ4n) is 3.22. The molecule has 0 aliphatic heterocycles. The van der Waals surface area contributed by atoms with Crippen molar-refractivity contribution in [2.75, 3.05) is 19.7 Å². The minimum absolute atomic E-state index is 0.142. The zero-order valence-electron chi connectivity index (χ0n) is 12.2. The SMILES string of the molecule is OCCN(Cc1ccccc1)CC(O)CC1CCCC1. The van der Waals surface area contributed by atoms with E-state index in [9.17, 15) is 10.2 Å². The number of rotatable bonds is 8. The molecule has 1 fully saturated rings. The molecule has 0 heterocycles. The van der Waals surface area contributed by atoms with Crippen molar-refractivity contribution < 1.29 is 10.2 Å². The van der Waals surface area contributed by atoms with Crippen LogP contribution in [0.4, 0.5) is 0 Å². The third-order valence-electron chi connectivity index (χ3n) is 4.21. The van der Waals surface area contributed by atoms with Gasteiger partial charge >= 0.3 is 0 Å². The van der Waals surface area contributed by atoms with Gasteiger partial charge in [-0.25, -0.2) is 0 Å². The minimum Gasteiger partial charge on any atom is -0.395 e. The monoisotopic (exact) mass is 277 g/mol. The molecule has 3 nitrogen and oxygen atoms in total. The van der Waals surface area contributed by atoms with E-state index in [4.69, 9.17) is 0 Å². The van der Waals surface area contributed by atoms with E-state index in [0.29, 0.717) is 19.0 Å². The highest BCUT2D eigenvalue weighted by atomic mass is 16.3. The highest BCUT2D eigenvalue weighted by molar-refractivity contribution is 5.14. The number of nitrogens with zero attached hydrogens (tertiary/aromatic N) is 1. The Hall–Kier alpha value is -0.900. The largest absolute Gasteiger partial charge is 0.395 e. The van der Waals surface area contributed by atoms with Crippen LogP contribution in [0.3, 0.4) is 0 Å². The van der Waals surface area contributed by atoms with Gasteiger partial charge in [0.2, 0.25) is 0 Å². The summed E-state index contributed by atoms with van der Waals surface area (Å²) in [5, 5.41) is 19.4. The van der Waals surface area contributed by atoms with Crippen LogP contribution in [-0.4, -0.2) is 40.9 Å². The van der Waals surface area contributed by atoms with E-state index in [1.165, 1.54) is 31.2 Å². The van der Waals surface area contributed by atoms with Gasteiger partial charge in [0.05, 0.1) is 12.7 Å². The number of hydrogen-bond donors (Lipinski definition) is 2. The zero-order chi connectivity index (χ0) is 14.2. The number of hydrogen-bond acceptors (Lipinski definition) is 3. The lowest BCUT2D eigenvalue weighted by Gasteiger charge is -2.25. The lowest BCUT2D eigenvalue weighted by atomic mass is 10.00. The third-order valence-corrected chi connectivity index (χ3v) is 4.21. The minimum atomic E-state index is -0.270. The molecule has 0 aromatic heterocycles. The lowest BCUT2D eigenvalue weighted by Crippen LogP contribution is -2.35. The normalized spacial score (nSPS) is 17.8. The van der Waals surface area contributed by atoms with E-state index < -0.39 is 0 Å². The predicted molar refractivity (Wildman–Crippen MR) is 81.4 cm³/mol. The Labute approximate surface area is 122 Å². The van der Waals surface area contributed by atoms with E-state index in [2.05, 4.69) is 17.0 Å². The van der Waals surface area contributed by atoms with Gasteiger partial charge in [-0.1, -0.05) is 56.0 Å². The molecule has 1 saturated carbocycles. The maximum absolute atomic E-state index is 10.3. The predicted octanol–water partition coefficient (Wildman–Crippen LogP) is 2.42. The van der Waals surface area contributed by atoms with Crippen molar-refractivity contribution in [3.05, 3.63) is 35.9 Å². The van der Waals surface area contributed by atoms with Gasteiger partial charge in [-0.2, -0.15) is 0 Å². The molecule has 1 aliphatic carbocycles. The Balaban J connectivity index is 1.81. The summed E-state index contributed by atoms with van der Waals surface area (Å²) < 4.78 is 0.